The first-order valence-electron chi connectivity index (χ1n) is 7.92. The van der Waals surface area contributed by atoms with E-state index in [2.05, 4.69) is 0 Å². The van der Waals surface area contributed by atoms with Gasteiger partial charge in [-0.2, -0.15) is 4.31 Å². The van der Waals surface area contributed by atoms with Crippen molar-refractivity contribution in [3.05, 3.63) is 0 Å². The molecule has 5 heteroatoms. The third kappa shape index (κ3) is 2.69. The van der Waals surface area contributed by atoms with Gasteiger partial charge in [-0.05, 0) is 31.6 Å². The Bertz CT molecular complexity index is 415. The van der Waals surface area contributed by atoms with Crippen molar-refractivity contribution in [2.75, 3.05) is 31.9 Å². The smallest absolute Gasteiger partial charge is 0.214 e. The van der Waals surface area contributed by atoms with Crippen molar-refractivity contribution in [2.24, 2.45) is 11.8 Å². The molecule has 0 aromatic carbocycles. The summed E-state index contributed by atoms with van der Waals surface area (Å²) in [7, 11) is -2.97. The highest BCUT2D eigenvalue weighted by atomic mass is 32.2. The summed E-state index contributed by atoms with van der Waals surface area (Å²) in [4.78, 5) is 1.69. The summed E-state index contributed by atoms with van der Waals surface area (Å²) in [5.41, 5.74) is 0. The van der Waals surface area contributed by atoms with E-state index in [-0.39, 0.29) is 0 Å². The predicted molar refractivity (Wildman–Crippen MR) is 75.6 cm³/mol. The van der Waals surface area contributed by atoms with E-state index in [1.54, 1.807) is 9.21 Å². The number of piperazine rings is 1. The van der Waals surface area contributed by atoms with Crippen molar-refractivity contribution in [3.63, 3.8) is 0 Å². The first-order valence-corrected chi connectivity index (χ1v) is 9.53. The number of sulfonamides is 1. The Morgan fingerprint density at radius 1 is 1.16 bits per heavy atom. The van der Waals surface area contributed by atoms with Crippen LogP contribution in [0, 0.1) is 11.8 Å². The fourth-order valence-electron chi connectivity index (χ4n) is 4.55. The van der Waals surface area contributed by atoms with Crippen molar-refractivity contribution in [1.82, 2.24) is 4.31 Å². The predicted octanol–water partition coefficient (Wildman–Crippen LogP) is 0.115. The molecule has 3 rings (SSSR count). The molecule has 1 saturated heterocycles. The average Bonchev–Trinajstić information content (AvgIpc) is 3.01. The Morgan fingerprint density at radius 3 is 2.42 bits per heavy atom. The molecule has 3 fully saturated rings. The van der Waals surface area contributed by atoms with Crippen LogP contribution in [-0.4, -0.2) is 50.7 Å². The molecule has 110 valence electrons. The highest BCUT2D eigenvalue weighted by Crippen LogP contribution is 2.43. The van der Waals surface area contributed by atoms with Crippen LogP contribution in [0.5, 0.6) is 0 Å². The van der Waals surface area contributed by atoms with E-state index in [0.29, 0.717) is 5.75 Å². The molecule has 2 bridgehead atoms. The van der Waals surface area contributed by atoms with Crippen molar-refractivity contribution < 1.29 is 13.3 Å². The van der Waals surface area contributed by atoms with Gasteiger partial charge in [0.25, 0.3) is 0 Å². The molecule has 0 radical (unpaired) electrons. The maximum atomic E-state index is 12.1. The minimum Gasteiger partial charge on any atom is -0.330 e. The third-order valence-corrected chi connectivity index (χ3v) is 7.56. The molecule has 0 amide bonds. The Morgan fingerprint density at radius 2 is 1.89 bits per heavy atom. The summed E-state index contributed by atoms with van der Waals surface area (Å²) in [6, 6.07) is 0.842. The molecule has 0 unspecified atom stereocenters. The Labute approximate surface area is 117 Å². The molecule has 4 nitrogen and oxygen atoms in total. The van der Waals surface area contributed by atoms with Crippen LogP contribution in [0.3, 0.4) is 0 Å². The van der Waals surface area contributed by atoms with E-state index in [1.165, 1.54) is 25.7 Å². The molecule has 3 aliphatic rings. The number of quaternary nitrogens is 1. The second-order valence-corrected chi connectivity index (χ2v) is 8.74. The van der Waals surface area contributed by atoms with Gasteiger partial charge < -0.3 is 4.90 Å². The Hall–Kier alpha value is -0.130. The summed E-state index contributed by atoms with van der Waals surface area (Å²) in [5, 5.41) is 0. The first kappa shape index (κ1) is 13.8. The zero-order valence-electron chi connectivity index (χ0n) is 12.0. The number of nitrogens with one attached hydrogen (secondary N) is 1. The van der Waals surface area contributed by atoms with Gasteiger partial charge in [0.1, 0.15) is 0 Å². The van der Waals surface area contributed by atoms with Crippen molar-refractivity contribution >= 4 is 10.0 Å². The lowest BCUT2D eigenvalue weighted by Gasteiger charge is -2.37. The lowest BCUT2D eigenvalue weighted by molar-refractivity contribution is -0.932. The van der Waals surface area contributed by atoms with E-state index in [4.69, 9.17) is 0 Å². The Balaban J connectivity index is 1.55. The van der Waals surface area contributed by atoms with Crippen LogP contribution in [0.2, 0.25) is 0 Å². The zero-order chi connectivity index (χ0) is 13.5. The van der Waals surface area contributed by atoms with Gasteiger partial charge in [-0.15, -0.1) is 0 Å². The van der Waals surface area contributed by atoms with Gasteiger partial charge in [-0.3, -0.25) is 0 Å². The summed E-state index contributed by atoms with van der Waals surface area (Å²) in [5.74, 6) is 2.25. The summed E-state index contributed by atoms with van der Waals surface area (Å²) in [6.07, 6.45) is 6.46. The largest absolute Gasteiger partial charge is 0.330 e. The second kappa shape index (κ2) is 5.34. The highest BCUT2D eigenvalue weighted by molar-refractivity contribution is 7.89. The minimum absolute atomic E-state index is 0.316. The number of hydrogen-bond acceptors (Lipinski definition) is 2. The van der Waals surface area contributed by atoms with Crippen LogP contribution in [0.15, 0.2) is 0 Å². The topological polar surface area (TPSA) is 41.8 Å². The average molecular weight is 287 g/mol. The molecule has 3 atom stereocenters. The SMILES string of the molecule is CCCS(=O)(=O)N1CC[NH+]([C@H]2C[C@H]3CC[C@@H]2C3)CC1. The second-order valence-electron chi connectivity index (χ2n) is 6.65. The summed E-state index contributed by atoms with van der Waals surface area (Å²) in [6.45, 7) is 5.47. The molecular weight excluding hydrogens is 260 g/mol. The third-order valence-electron chi connectivity index (χ3n) is 5.48. The van der Waals surface area contributed by atoms with Crippen LogP contribution in [0.1, 0.15) is 39.0 Å². The molecular formula is C14H27N2O2S+. The van der Waals surface area contributed by atoms with Gasteiger partial charge in [0.15, 0.2) is 0 Å². The van der Waals surface area contributed by atoms with Crippen molar-refractivity contribution in [1.29, 1.82) is 0 Å². The molecule has 1 heterocycles. The van der Waals surface area contributed by atoms with Crippen molar-refractivity contribution in [2.45, 2.75) is 45.1 Å². The molecule has 0 aromatic heterocycles. The zero-order valence-corrected chi connectivity index (χ0v) is 12.8. The van der Waals surface area contributed by atoms with Crippen LogP contribution in [0.4, 0.5) is 0 Å². The van der Waals surface area contributed by atoms with E-state index < -0.39 is 10.0 Å². The van der Waals surface area contributed by atoms with Crippen molar-refractivity contribution in [3.8, 4) is 0 Å². The number of fused-ring (bicyclic) bond motifs is 2. The normalized spacial score (nSPS) is 37.0. The minimum atomic E-state index is -2.97. The molecule has 1 N–H and O–H groups in total. The fourth-order valence-corrected chi connectivity index (χ4v) is 6.07. The van der Waals surface area contributed by atoms with Crippen LogP contribution >= 0.6 is 0 Å². The van der Waals surface area contributed by atoms with Crippen LogP contribution in [-0.2, 0) is 10.0 Å². The monoisotopic (exact) mass is 287 g/mol. The lowest BCUT2D eigenvalue weighted by Crippen LogP contribution is -3.18. The van der Waals surface area contributed by atoms with Crippen LogP contribution in [0.25, 0.3) is 0 Å². The van der Waals surface area contributed by atoms with Gasteiger partial charge in [0.05, 0.1) is 38.0 Å². The first-order chi connectivity index (χ1) is 9.10. The summed E-state index contributed by atoms with van der Waals surface area (Å²) < 4.78 is 25.8. The quantitative estimate of drug-likeness (QED) is 0.798. The van der Waals surface area contributed by atoms with Gasteiger partial charge >= 0.3 is 0 Å². The number of rotatable bonds is 4. The molecule has 1 aliphatic heterocycles. The van der Waals surface area contributed by atoms with Crippen LogP contribution < -0.4 is 4.90 Å². The van der Waals surface area contributed by atoms with Gasteiger partial charge in [0, 0.05) is 12.3 Å². The Kier molecular flexibility index (Phi) is 3.89. The summed E-state index contributed by atoms with van der Waals surface area (Å²) >= 11 is 0. The van der Waals surface area contributed by atoms with E-state index in [1.807, 2.05) is 6.92 Å². The lowest BCUT2D eigenvalue weighted by atomic mass is 9.93. The molecule has 19 heavy (non-hydrogen) atoms. The molecule has 2 aliphatic carbocycles. The number of hydrogen-bond donors (Lipinski definition) is 1. The molecule has 0 aromatic rings. The number of nitrogens with zero attached hydrogens (tertiary/aromatic N) is 1. The standard InChI is InChI=1S/C14H26N2O2S/c1-2-9-19(17,18)16-7-5-15(6-8-16)14-11-12-3-4-13(14)10-12/h12-14H,2-11H2,1H3/p+1/t12-,13+,14-/m0/s1. The molecule has 2 saturated carbocycles. The maximum absolute atomic E-state index is 12.1. The van der Waals surface area contributed by atoms with Gasteiger partial charge in [0.2, 0.25) is 10.0 Å². The van der Waals surface area contributed by atoms with Gasteiger partial charge in [-0.25, -0.2) is 8.42 Å². The maximum Gasteiger partial charge on any atom is 0.214 e. The van der Waals surface area contributed by atoms with E-state index >= 15 is 0 Å². The van der Waals surface area contributed by atoms with Gasteiger partial charge in [-0.1, -0.05) is 6.92 Å². The van der Waals surface area contributed by atoms with E-state index in [0.717, 1.165) is 50.5 Å². The van der Waals surface area contributed by atoms with E-state index in [9.17, 15) is 8.42 Å². The highest BCUT2D eigenvalue weighted by Gasteiger charge is 2.46. The molecule has 0 spiro atoms. The fraction of sp³-hybridized carbons (Fsp3) is 1.00.